The minimum Gasteiger partial charge on any atom is -0.325 e. The zero-order chi connectivity index (χ0) is 9.14. The van der Waals surface area contributed by atoms with E-state index in [0.29, 0.717) is 0 Å². The predicted octanol–water partition coefficient (Wildman–Crippen LogP) is -0.421. The van der Waals surface area contributed by atoms with Crippen LogP contribution in [0.15, 0.2) is 0 Å². The van der Waals surface area contributed by atoms with Gasteiger partial charge in [0.05, 0.1) is 12.5 Å². The molecule has 1 fully saturated rings. The first-order valence-electron chi connectivity index (χ1n) is 3.29. The Morgan fingerprint density at radius 2 is 2.42 bits per heavy atom. The summed E-state index contributed by atoms with van der Waals surface area (Å²) in [5.41, 5.74) is 5.49. The molecule has 1 unspecified atom stereocenters. The van der Waals surface area contributed by atoms with Crippen molar-refractivity contribution in [1.82, 2.24) is 5.32 Å². The lowest BCUT2D eigenvalue weighted by Crippen LogP contribution is -2.38. The molecule has 6 heteroatoms. The Labute approximate surface area is 73.3 Å². The van der Waals surface area contributed by atoms with Crippen LogP contribution in [-0.2, 0) is 4.79 Å². The maximum Gasteiger partial charge on any atom is 0.286 e. The molecule has 0 saturated carbocycles. The number of amides is 2. The highest BCUT2D eigenvalue weighted by Crippen LogP contribution is 2.22. The van der Waals surface area contributed by atoms with Crippen LogP contribution in [0.5, 0.6) is 0 Å². The van der Waals surface area contributed by atoms with Gasteiger partial charge in [0.1, 0.15) is 5.25 Å². The van der Waals surface area contributed by atoms with Crippen LogP contribution >= 0.6 is 11.8 Å². The van der Waals surface area contributed by atoms with Crippen LogP contribution in [-0.4, -0.2) is 22.4 Å². The smallest absolute Gasteiger partial charge is 0.286 e. The molecule has 1 aliphatic rings. The van der Waals surface area contributed by atoms with Crippen molar-refractivity contribution in [1.29, 1.82) is 5.26 Å². The van der Waals surface area contributed by atoms with E-state index in [-0.39, 0.29) is 6.42 Å². The largest absolute Gasteiger partial charge is 0.325 e. The lowest BCUT2D eigenvalue weighted by Gasteiger charge is -2.10. The van der Waals surface area contributed by atoms with E-state index >= 15 is 0 Å². The Morgan fingerprint density at radius 1 is 1.75 bits per heavy atom. The molecule has 2 amide bonds. The van der Waals surface area contributed by atoms with Crippen LogP contribution in [0.3, 0.4) is 0 Å². The number of nitrogens with two attached hydrogens (primary N) is 1. The second-order valence-corrected chi connectivity index (χ2v) is 3.46. The maximum atomic E-state index is 11.0. The zero-order valence-electron chi connectivity index (χ0n) is 6.11. The number of hydrogen-bond donors (Lipinski definition) is 2. The minimum atomic E-state index is -0.600. The van der Waals surface area contributed by atoms with Gasteiger partial charge in [-0.25, -0.2) is 0 Å². The van der Waals surface area contributed by atoms with E-state index in [1.807, 2.05) is 6.07 Å². The number of nitrogens with one attached hydrogen (secondary N) is 1. The van der Waals surface area contributed by atoms with Gasteiger partial charge in [-0.2, -0.15) is 5.26 Å². The highest BCUT2D eigenvalue weighted by molar-refractivity contribution is 8.15. The number of nitrogens with zero attached hydrogens (tertiary/aromatic N) is 1. The van der Waals surface area contributed by atoms with E-state index in [0.717, 1.165) is 11.8 Å². The topological polar surface area (TPSA) is 96.0 Å². The summed E-state index contributed by atoms with van der Waals surface area (Å²) in [6.07, 6.45) is 0.0817. The van der Waals surface area contributed by atoms with Crippen LogP contribution in [0.25, 0.3) is 0 Å². The Balaban J connectivity index is 2.59. The van der Waals surface area contributed by atoms with E-state index < -0.39 is 22.4 Å². The summed E-state index contributed by atoms with van der Waals surface area (Å²) in [6, 6.07) is 1.29. The summed E-state index contributed by atoms with van der Waals surface area (Å²) in [6.45, 7) is 0. The summed E-state index contributed by atoms with van der Waals surface area (Å²) in [7, 11) is 0. The number of rotatable bonds is 2. The van der Waals surface area contributed by atoms with Crippen molar-refractivity contribution in [3.05, 3.63) is 0 Å². The molecule has 0 bridgehead atoms. The monoisotopic (exact) mass is 185 g/mol. The Hall–Kier alpha value is -1.06. The SMILES string of the molecule is N#CC[C@@H](N)C1SC(=O)NC1=O. The fourth-order valence-corrected chi connectivity index (χ4v) is 1.69. The number of thioether (sulfide) groups is 1. The molecule has 0 spiro atoms. The molecule has 1 heterocycles. The van der Waals surface area contributed by atoms with Gasteiger partial charge in [-0.1, -0.05) is 0 Å². The first-order chi connectivity index (χ1) is 5.65. The summed E-state index contributed by atoms with van der Waals surface area (Å²) in [4.78, 5) is 21.6. The summed E-state index contributed by atoms with van der Waals surface area (Å²) in [5, 5.41) is 9.40. The molecule has 0 aromatic rings. The number of carbonyl (C=O) groups excluding carboxylic acids is 2. The van der Waals surface area contributed by atoms with E-state index in [4.69, 9.17) is 11.0 Å². The molecule has 0 radical (unpaired) electrons. The van der Waals surface area contributed by atoms with Crippen molar-refractivity contribution < 1.29 is 9.59 Å². The van der Waals surface area contributed by atoms with Crippen molar-refractivity contribution in [3.8, 4) is 6.07 Å². The van der Waals surface area contributed by atoms with Crippen LogP contribution in [0.2, 0.25) is 0 Å². The van der Waals surface area contributed by atoms with Crippen LogP contribution in [0.1, 0.15) is 6.42 Å². The highest BCUT2D eigenvalue weighted by atomic mass is 32.2. The molecule has 64 valence electrons. The van der Waals surface area contributed by atoms with Gasteiger partial charge in [0.25, 0.3) is 5.24 Å². The van der Waals surface area contributed by atoms with Crippen molar-refractivity contribution in [2.45, 2.75) is 17.7 Å². The highest BCUT2D eigenvalue weighted by Gasteiger charge is 2.35. The Morgan fingerprint density at radius 3 is 2.83 bits per heavy atom. The minimum absolute atomic E-state index is 0.0817. The first kappa shape index (κ1) is 9.03. The van der Waals surface area contributed by atoms with Gasteiger partial charge < -0.3 is 5.73 Å². The van der Waals surface area contributed by atoms with Crippen molar-refractivity contribution in [3.63, 3.8) is 0 Å². The molecule has 12 heavy (non-hydrogen) atoms. The van der Waals surface area contributed by atoms with E-state index in [1.165, 1.54) is 0 Å². The third kappa shape index (κ3) is 1.75. The van der Waals surface area contributed by atoms with Crippen molar-refractivity contribution in [2.24, 2.45) is 5.73 Å². The average Bonchev–Trinajstić information content (AvgIpc) is 2.30. The lowest BCUT2D eigenvalue weighted by molar-refractivity contribution is -0.119. The molecule has 3 N–H and O–H groups in total. The molecule has 5 nitrogen and oxygen atoms in total. The van der Waals surface area contributed by atoms with Gasteiger partial charge in [0.2, 0.25) is 5.91 Å². The molecule has 1 saturated heterocycles. The lowest BCUT2D eigenvalue weighted by atomic mass is 10.1. The molecule has 0 aromatic carbocycles. The summed E-state index contributed by atoms with van der Waals surface area (Å²) >= 11 is 0.846. The predicted molar refractivity (Wildman–Crippen MR) is 43.1 cm³/mol. The van der Waals surface area contributed by atoms with Gasteiger partial charge in [-0.15, -0.1) is 0 Å². The average molecular weight is 185 g/mol. The summed E-state index contributed by atoms with van der Waals surface area (Å²) < 4.78 is 0. The Kier molecular flexibility index (Phi) is 2.68. The van der Waals surface area contributed by atoms with Crippen LogP contribution in [0, 0.1) is 11.3 Å². The molecule has 2 atom stereocenters. The zero-order valence-corrected chi connectivity index (χ0v) is 6.93. The third-order valence-electron chi connectivity index (χ3n) is 1.43. The van der Waals surface area contributed by atoms with Gasteiger partial charge in [0.15, 0.2) is 0 Å². The van der Waals surface area contributed by atoms with Crippen LogP contribution < -0.4 is 11.1 Å². The van der Waals surface area contributed by atoms with Crippen molar-refractivity contribution in [2.75, 3.05) is 0 Å². The van der Waals surface area contributed by atoms with E-state index in [9.17, 15) is 9.59 Å². The van der Waals surface area contributed by atoms with E-state index in [2.05, 4.69) is 5.32 Å². The fourth-order valence-electron chi connectivity index (χ4n) is 0.864. The van der Waals surface area contributed by atoms with Gasteiger partial charge in [-0.3, -0.25) is 14.9 Å². The van der Waals surface area contributed by atoms with Gasteiger partial charge >= 0.3 is 0 Å². The molecule has 0 aromatic heterocycles. The molecule has 1 aliphatic heterocycles. The molecular formula is C6H7N3O2S. The second kappa shape index (κ2) is 3.56. The molecule has 0 aliphatic carbocycles. The number of nitriles is 1. The number of hydrogen-bond acceptors (Lipinski definition) is 5. The van der Waals surface area contributed by atoms with Gasteiger partial charge in [0, 0.05) is 6.04 Å². The molecular weight excluding hydrogens is 178 g/mol. The maximum absolute atomic E-state index is 11.0. The van der Waals surface area contributed by atoms with Crippen molar-refractivity contribution >= 4 is 22.9 Å². The normalized spacial score (nSPS) is 24.8. The first-order valence-corrected chi connectivity index (χ1v) is 4.17. The Bertz CT molecular complexity index is 260. The van der Waals surface area contributed by atoms with Gasteiger partial charge in [-0.05, 0) is 11.8 Å². The van der Waals surface area contributed by atoms with E-state index in [1.54, 1.807) is 0 Å². The number of carbonyl (C=O) groups is 2. The fraction of sp³-hybridized carbons (Fsp3) is 0.500. The second-order valence-electron chi connectivity index (χ2n) is 2.34. The molecule has 1 rings (SSSR count). The standard InChI is InChI=1S/C6H7N3O2S/c7-2-1-3(8)4-5(10)9-6(11)12-4/h3-4H,1,8H2,(H,9,10,11)/t3-,4?/m1/s1. The number of imide groups is 1. The summed E-state index contributed by atoms with van der Waals surface area (Å²) in [5.74, 6) is -0.396. The van der Waals surface area contributed by atoms with Crippen LogP contribution in [0.4, 0.5) is 4.79 Å². The third-order valence-corrected chi connectivity index (χ3v) is 2.57. The quantitative estimate of drug-likeness (QED) is 0.609.